The van der Waals surface area contributed by atoms with Crippen LogP contribution in [-0.2, 0) is 6.42 Å². The van der Waals surface area contributed by atoms with Gasteiger partial charge in [0.15, 0.2) is 0 Å². The van der Waals surface area contributed by atoms with E-state index >= 15 is 0 Å². The van der Waals surface area contributed by atoms with Crippen molar-refractivity contribution in [1.82, 2.24) is 9.97 Å². The molecule has 0 saturated heterocycles. The molecular formula is C12H19N3O2. The summed E-state index contributed by atoms with van der Waals surface area (Å²) in [6.07, 6.45) is 5.18. The van der Waals surface area contributed by atoms with Gasteiger partial charge < -0.3 is 15.1 Å². The van der Waals surface area contributed by atoms with E-state index in [1.165, 1.54) is 12.8 Å². The van der Waals surface area contributed by atoms with E-state index in [-0.39, 0.29) is 13.2 Å². The Balaban J connectivity index is 2.05. The Bertz CT molecular complexity index is 349. The van der Waals surface area contributed by atoms with Gasteiger partial charge in [0, 0.05) is 24.8 Å². The standard InChI is InChI=1S/C12H19N3O2/c16-5-3-15(4-6-17)12-8-11(13-9-14-12)7-10-1-2-10/h8-10,16-17H,1-7H2. The van der Waals surface area contributed by atoms with Gasteiger partial charge in [-0.15, -0.1) is 0 Å². The van der Waals surface area contributed by atoms with Crippen LogP contribution in [0.4, 0.5) is 5.82 Å². The molecule has 1 aliphatic carbocycles. The van der Waals surface area contributed by atoms with Crippen molar-refractivity contribution in [3.63, 3.8) is 0 Å². The average molecular weight is 237 g/mol. The van der Waals surface area contributed by atoms with Crippen molar-refractivity contribution in [1.29, 1.82) is 0 Å². The summed E-state index contributed by atoms with van der Waals surface area (Å²) in [5.41, 5.74) is 1.05. The third-order valence-electron chi connectivity index (χ3n) is 2.97. The molecule has 94 valence electrons. The second kappa shape index (κ2) is 5.93. The summed E-state index contributed by atoms with van der Waals surface area (Å²) < 4.78 is 0. The maximum Gasteiger partial charge on any atom is 0.132 e. The van der Waals surface area contributed by atoms with Crippen molar-refractivity contribution in [3.8, 4) is 0 Å². The third-order valence-corrected chi connectivity index (χ3v) is 2.97. The molecule has 0 radical (unpaired) electrons. The van der Waals surface area contributed by atoms with Crippen LogP contribution < -0.4 is 4.90 Å². The quantitative estimate of drug-likeness (QED) is 0.710. The molecule has 0 atom stereocenters. The molecule has 1 fully saturated rings. The summed E-state index contributed by atoms with van der Waals surface area (Å²) >= 11 is 0. The number of aliphatic hydroxyl groups is 2. The lowest BCUT2D eigenvalue weighted by Gasteiger charge is -2.21. The molecule has 1 saturated carbocycles. The van der Waals surface area contributed by atoms with Gasteiger partial charge in [-0.1, -0.05) is 0 Å². The first-order chi connectivity index (χ1) is 8.33. The van der Waals surface area contributed by atoms with Crippen molar-refractivity contribution in [3.05, 3.63) is 18.1 Å². The van der Waals surface area contributed by atoms with Crippen LogP contribution in [0.2, 0.25) is 0 Å². The van der Waals surface area contributed by atoms with Gasteiger partial charge in [-0.25, -0.2) is 9.97 Å². The van der Waals surface area contributed by atoms with Gasteiger partial charge in [-0.3, -0.25) is 0 Å². The average Bonchev–Trinajstić information content (AvgIpc) is 3.13. The van der Waals surface area contributed by atoms with Crippen LogP contribution >= 0.6 is 0 Å². The molecule has 2 rings (SSSR count). The zero-order valence-corrected chi connectivity index (χ0v) is 9.92. The molecule has 0 unspecified atom stereocenters. The highest BCUT2D eigenvalue weighted by Crippen LogP contribution is 2.32. The van der Waals surface area contributed by atoms with Crippen LogP contribution in [0.25, 0.3) is 0 Å². The van der Waals surface area contributed by atoms with Crippen molar-refractivity contribution < 1.29 is 10.2 Å². The lowest BCUT2D eigenvalue weighted by Crippen LogP contribution is -2.30. The Labute approximate surface area is 101 Å². The molecule has 0 spiro atoms. The van der Waals surface area contributed by atoms with Gasteiger partial charge in [-0.05, 0) is 25.2 Å². The molecule has 5 heteroatoms. The minimum atomic E-state index is 0.0575. The number of hydrogen-bond donors (Lipinski definition) is 2. The van der Waals surface area contributed by atoms with Gasteiger partial charge in [0.1, 0.15) is 12.1 Å². The van der Waals surface area contributed by atoms with Crippen LogP contribution in [0, 0.1) is 5.92 Å². The molecule has 1 aromatic heterocycles. The highest BCUT2D eigenvalue weighted by Gasteiger charge is 2.22. The Morgan fingerprint density at radius 3 is 2.47 bits per heavy atom. The monoisotopic (exact) mass is 237 g/mol. The van der Waals surface area contributed by atoms with Crippen molar-refractivity contribution in [2.45, 2.75) is 19.3 Å². The second-order valence-electron chi connectivity index (χ2n) is 4.45. The van der Waals surface area contributed by atoms with E-state index in [4.69, 9.17) is 10.2 Å². The fourth-order valence-corrected chi connectivity index (χ4v) is 1.87. The minimum Gasteiger partial charge on any atom is -0.395 e. The molecule has 17 heavy (non-hydrogen) atoms. The predicted octanol–water partition coefficient (Wildman–Crippen LogP) is 0.220. The summed E-state index contributed by atoms with van der Waals surface area (Å²) in [5, 5.41) is 18.0. The molecule has 5 nitrogen and oxygen atoms in total. The van der Waals surface area contributed by atoms with E-state index in [9.17, 15) is 0 Å². The van der Waals surface area contributed by atoms with Crippen LogP contribution in [0.15, 0.2) is 12.4 Å². The largest absolute Gasteiger partial charge is 0.395 e. The van der Waals surface area contributed by atoms with Gasteiger partial charge in [-0.2, -0.15) is 0 Å². The van der Waals surface area contributed by atoms with Gasteiger partial charge in [0.05, 0.1) is 13.2 Å². The maximum atomic E-state index is 8.98. The molecule has 1 aliphatic rings. The Hall–Kier alpha value is -1.20. The Morgan fingerprint density at radius 1 is 1.18 bits per heavy atom. The van der Waals surface area contributed by atoms with Crippen molar-refractivity contribution in [2.24, 2.45) is 5.92 Å². The zero-order valence-electron chi connectivity index (χ0n) is 9.92. The first kappa shape index (κ1) is 12.3. The number of aliphatic hydroxyl groups excluding tert-OH is 2. The number of rotatable bonds is 7. The summed E-state index contributed by atoms with van der Waals surface area (Å²) in [6, 6.07) is 1.96. The SMILES string of the molecule is OCCN(CCO)c1cc(CC2CC2)ncn1. The van der Waals surface area contributed by atoms with E-state index in [0.717, 1.165) is 23.9 Å². The van der Waals surface area contributed by atoms with E-state index < -0.39 is 0 Å². The van der Waals surface area contributed by atoms with E-state index in [1.54, 1.807) is 6.33 Å². The molecular weight excluding hydrogens is 218 g/mol. The van der Waals surface area contributed by atoms with Gasteiger partial charge in [0.2, 0.25) is 0 Å². The number of hydrogen-bond acceptors (Lipinski definition) is 5. The van der Waals surface area contributed by atoms with Gasteiger partial charge >= 0.3 is 0 Å². The highest BCUT2D eigenvalue weighted by atomic mass is 16.3. The summed E-state index contributed by atoms with van der Waals surface area (Å²) in [7, 11) is 0. The zero-order chi connectivity index (χ0) is 12.1. The van der Waals surface area contributed by atoms with Crippen molar-refractivity contribution >= 4 is 5.82 Å². The maximum absolute atomic E-state index is 8.98. The molecule has 1 heterocycles. The lowest BCUT2D eigenvalue weighted by molar-refractivity contribution is 0.280. The Kier molecular flexibility index (Phi) is 4.28. The van der Waals surface area contributed by atoms with Gasteiger partial charge in [0.25, 0.3) is 0 Å². The van der Waals surface area contributed by atoms with E-state index in [1.807, 2.05) is 11.0 Å². The fraction of sp³-hybridized carbons (Fsp3) is 0.667. The molecule has 0 amide bonds. The van der Waals surface area contributed by atoms with E-state index in [0.29, 0.717) is 13.1 Å². The fourth-order valence-electron chi connectivity index (χ4n) is 1.87. The number of aromatic nitrogens is 2. The highest BCUT2D eigenvalue weighted by molar-refractivity contribution is 5.39. The van der Waals surface area contributed by atoms with Crippen molar-refractivity contribution in [2.75, 3.05) is 31.2 Å². The van der Waals surface area contributed by atoms with Crippen LogP contribution in [0.1, 0.15) is 18.5 Å². The minimum absolute atomic E-state index is 0.0575. The van der Waals surface area contributed by atoms with Crippen LogP contribution in [-0.4, -0.2) is 46.5 Å². The molecule has 0 bridgehead atoms. The summed E-state index contributed by atoms with van der Waals surface area (Å²) in [6.45, 7) is 1.09. The topological polar surface area (TPSA) is 69.5 Å². The lowest BCUT2D eigenvalue weighted by atomic mass is 10.2. The Morgan fingerprint density at radius 2 is 1.88 bits per heavy atom. The van der Waals surface area contributed by atoms with Crippen LogP contribution in [0.5, 0.6) is 0 Å². The first-order valence-electron chi connectivity index (χ1n) is 6.11. The summed E-state index contributed by atoms with van der Waals surface area (Å²) in [5.74, 6) is 1.58. The molecule has 0 aliphatic heterocycles. The third kappa shape index (κ3) is 3.64. The molecule has 1 aromatic rings. The molecule has 0 aromatic carbocycles. The van der Waals surface area contributed by atoms with Crippen LogP contribution in [0.3, 0.4) is 0 Å². The number of nitrogens with zero attached hydrogens (tertiary/aromatic N) is 3. The second-order valence-corrected chi connectivity index (χ2v) is 4.45. The smallest absolute Gasteiger partial charge is 0.132 e. The molecule has 2 N–H and O–H groups in total. The normalized spacial score (nSPS) is 14.9. The first-order valence-corrected chi connectivity index (χ1v) is 6.11. The predicted molar refractivity (Wildman–Crippen MR) is 64.8 cm³/mol. The summed E-state index contributed by atoms with van der Waals surface area (Å²) in [4.78, 5) is 10.3. The van der Waals surface area contributed by atoms with E-state index in [2.05, 4.69) is 9.97 Å². The number of anilines is 1.